The van der Waals surface area contributed by atoms with Crippen LogP contribution in [-0.4, -0.2) is 49.1 Å². The first kappa shape index (κ1) is 21.5. The highest BCUT2D eigenvalue weighted by Gasteiger charge is 2.32. The Kier molecular flexibility index (Phi) is 5.84. The van der Waals surface area contributed by atoms with Gasteiger partial charge in [-0.2, -0.15) is 4.31 Å². The smallest absolute Gasteiger partial charge is 0.256 e. The second kappa shape index (κ2) is 7.89. The van der Waals surface area contributed by atoms with Crippen molar-refractivity contribution in [3.05, 3.63) is 41.7 Å². The zero-order valence-electron chi connectivity index (χ0n) is 17.3. The Balaban J connectivity index is 1.80. The zero-order chi connectivity index (χ0) is 21.4. The lowest BCUT2D eigenvalue weighted by atomic mass is 9.93. The molecule has 9 heteroatoms. The van der Waals surface area contributed by atoms with E-state index in [0.29, 0.717) is 5.76 Å². The van der Waals surface area contributed by atoms with Crippen molar-refractivity contribution in [2.45, 2.75) is 57.1 Å². The van der Waals surface area contributed by atoms with E-state index < -0.39 is 15.9 Å². The van der Waals surface area contributed by atoms with Gasteiger partial charge in [0.2, 0.25) is 10.0 Å². The van der Waals surface area contributed by atoms with Crippen LogP contribution in [0.25, 0.3) is 0 Å². The summed E-state index contributed by atoms with van der Waals surface area (Å²) in [6, 6.07) is 7.64. The molecule has 158 valence electrons. The summed E-state index contributed by atoms with van der Waals surface area (Å²) in [5.41, 5.74) is -0.0168. The van der Waals surface area contributed by atoms with Gasteiger partial charge >= 0.3 is 0 Å². The molecular formula is C20H27N3O5S. The Bertz CT molecular complexity index is 984. The molecule has 1 fully saturated rings. The van der Waals surface area contributed by atoms with Crippen LogP contribution in [0, 0.1) is 0 Å². The molecule has 2 unspecified atom stereocenters. The Morgan fingerprint density at radius 3 is 2.41 bits per heavy atom. The van der Waals surface area contributed by atoms with Crippen LogP contribution >= 0.6 is 0 Å². The second-order valence-electron chi connectivity index (χ2n) is 8.39. The zero-order valence-corrected chi connectivity index (χ0v) is 18.1. The van der Waals surface area contributed by atoms with Gasteiger partial charge in [0.1, 0.15) is 5.76 Å². The fourth-order valence-electron chi connectivity index (χ4n) is 3.15. The van der Waals surface area contributed by atoms with E-state index >= 15 is 0 Å². The summed E-state index contributed by atoms with van der Waals surface area (Å²) >= 11 is 0. The number of morpholine rings is 1. The summed E-state index contributed by atoms with van der Waals surface area (Å²) in [5.74, 6) is 0.461. The van der Waals surface area contributed by atoms with E-state index in [-0.39, 0.29) is 47.0 Å². The van der Waals surface area contributed by atoms with E-state index in [0.717, 1.165) is 0 Å². The van der Waals surface area contributed by atoms with Crippen LogP contribution in [0.1, 0.15) is 50.7 Å². The Morgan fingerprint density at radius 1 is 1.17 bits per heavy atom. The fraction of sp³-hybridized carbons (Fsp3) is 0.500. The maximum Gasteiger partial charge on any atom is 0.256 e. The quantitative estimate of drug-likeness (QED) is 0.814. The number of carbonyl (C=O) groups is 1. The Morgan fingerprint density at radius 2 is 1.83 bits per heavy atom. The van der Waals surface area contributed by atoms with Crippen molar-refractivity contribution in [1.29, 1.82) is 0 Å². The van der Waals surface area contributed by atoms with E-state index in [1.807, 2.05) is 34.6 Å². The van der Waals surface area contributed by atoms with Crippen molar-refractivity contribution in [2.24, 2.45) is 0 Å². The van der Waals surface area contributed by atoms with E-state index in [4.69, 9.17) is 9.26 Å². The van der Waals surface area contributed by atoms with Gasteiger partial charge in [-0.25, -0.2) is 8.42 Å². The first-order valence-electron chi connectivity index (χ1n) is 9.51. The molecule has 2 atom stereocenters. The Hall–Kier alpha value is -2.23. The number of amides is 1. The lowest BCUT2D eigenvalue weighted by Crippen LogP contribution is -2.48. The van der Waals surface area contributed by atoms with Crippen LogP contribution in [0.5, 0.6) is 0 Å². The third-order valence-electron chi connectivity index (χ3n) is 4.61. The molecule has 0 radical (unpaired) electrons. The van der Waals surface area contributed by atoms with Crippen LogP contribution in [-0.2, 0) is 20.2 Å². The normalized spacial score (nSPS) is 21.1. The number of anilines is 1. The molecule has 8 nitrogen and oxygen atoms in total. The summed E-state index contributed by atoms with van der Waals surface area (Å²) in [6.45, 7) is 10.1. The van der Waals surface area contributed by atoms with Crippen molar-refractivity contribution in [3.63, 3.8) is 0 Å². The van der Waals surface area contributed by atoms with Crippen molar-refractivity contribution in [2.75, 3.05) is 18.4 Å². The van der Waals surface area contributed by atoms with Crippen LogP contribution in [0.15, 0.2) is 39.8 Å². The SMILES string of the molecule is CC1CN(S(=O)(=O)c2cccc(C(=O)Nc3cc(C(C)(C)C)on3)c2)CC(C)O1. The molecule has 1 N–H and O–H groups in total. The maximum absolute atomic E-state index is 13.0. The molecule has 1 amide bonds. The van der Waals surface area contributed by atoms with E-state index in [1.165, 1.54) is 16.4 Å². The molecule has 2 aromatic rings. The third-order valence-corrected chi connectivity index (χ3v) is 6.44. The first-order chi connectivity index (χ1) is 13.5. The fourth-order valence-corrected chi connectivity index (χ4v) is 4.79. The molecule has 1 aliphatic heterocycles. The average molecular weight is 422 g/mol. The summed E-state index contributed by atoms with van der Waals surface area (Å²) in [6.07, 6.45) is -0.381. The molecule has 1 aromatic carbocycles. The number of carbonyl (C=O) groups excluding carboxylic acids is 1. The van der Waals surface area contributed by atoms with Gasteiger partial charge in [0.05, 0.1) is 17.1 Å². The number of hydrogen-bond donors (Lipinski definition) is 1. The van der Waals surface area contributed by atoms with Crippen molar-refractivity contribution < 1.29 is 22.5 Å². The van der Waals surface area contributed by atoms with Crippen molar-refractivity contribution >= 4 is 21.7 Å². The average Bonchev–Trinajstić information content (AvgIpc) is 3.10. The van der Waals surface area contributed by atoms with Gasteiger partial charge in [-0.1, -0.05) is 32.0 Å². The van der Waals surface area contributed by atoms with E-state index in [9.17, 15) is 13.2 Å². The number of hydrogen-bond acceptors (Lipinski definition) is 6. The number of nitrogens with one attached hydrogen (secondary N) is 1. The van der Waals surface area contributed by atoms with Crippen molar-refractivity contribution in [1.82, 2.24) is 9.46 Å². The van der Waals surface area contributed by atoms with Crippen LogP contribution in [0.2, 0.25) is 0 Å². The summed E-state index contributed by atoms with van der Waals surface area (Å²) in [5, 5.41) is 6.51. The van der Waals surface area contributed by atoms with Crippen LogP contribution in [0.4, 0.5) is 5.82 Å². The highest BCUT2D eigenvalue weighted by atomic mass is 32.2. The minimum atomic E-state index is -3.73. The number of nitrogens with zero attached hydrogens (tertiary/aromatic N) is 2. The molecule has 0 spiro atoms. The number of ether oxygens (including phenoxy) is 1. The minimum absolute atomic E-state index is 0.0713. The van der Waals surface area contributed by atoms with Gasteiger partial charge in [0.25, 0.3) is 5.91 Å². The highest BCUT2D eigenvalue weighted by molar-refractivity contribution is 7.89. The highest BCUT2D eigenvalue weighted by Crippen LogP contribution is 2.25. The first-order valence-corrected chi connectivity index (χ1v) is 10.9. The molecule has 3 rings (SSSR count). The summed E-state index contributed by atoms with van der Waals surface area (Å²) in [4.78, 5) is 12.7. The summed E-state index contributed by atoms with van der Waals surface area (Å²) in [7, 11) is -3.73. The lowest BCUT2D eigenvalue weighted by Gasteiger charge is -2.34. The monoisotopic (exact) mass is 421 g/mol. The van der Waals surface area contributed by atoms with Gasteiger partial charge < -0.3 is 14.6 Å². The van der Waals surface area contributed by atoms with Gasteiger partial charge in [0.15, 0.2) is 5.82 Å². The molecule has 1 saturated heterocycles. The van der Waals surface area contributed by atoms with Crippen LogP contribution < -0.4 is 5.32 Å². The number of sulfonamides is 1. The number of aromatic nitrogens is 1. The molecular weight excluding hydrogens is 394 g/mol. The predicted octanol–water partition coefficient (Wildman–Crippen LogP) is 3.02. The molecule has 29 heavy (non-hydrogen) atoms. The molecule has 0 aliphatic carbocycles. The molecule has 0 bridgehead atoms. The van der Waals surface area contributed by atoms with Crippen molar-refractivity contribution in [3.8, 4) is 0 Å². The Labute approximate surface area is 171 Å². The maximum atomic E-state index is 13.0. The predicted molar refractivity (Wildman–Crippen MR) is 108 cm³/mol. The number of benzene rings is 1. The lowest BCUT2D eigenvalue weighted by molar-refractivity contribution is -0.0440. The number of rotatable bonds is 4. The molecule has 2 heterocycles. The topological polar surface area (TPSA) is 102 Å². The summed E-state index contributed by atoms with van der Waals surface area (Å²) < 4.78 is 38.4. The van der Waals surface area contributed by atoms with Gasteiger partial charge in [-0.15, -0.1) is 0 Å². The van der Waals surface area contributed by atoms with Gasteiger partial charge in [0, 0.05) is 30.1 Å². The third kappa shape index (κ3) is 4.85. The molecule has 1 aliphatic rings. The van der Waals surface area contributed by atoms with E-state index in [1.54, 1.807) is 18.2 Å². The second-order valence-corrected chi connectivity index (χ2v) is 10.3. The van der Waals surface area contributed by atoms with E-state index in [2.05, 4.69) is 10.5 Å². The molecule has 0 saturated carbocycles. The molecule has 1 aromatic heterocycles. The standard InChI is InChI=1S/C20H27N3O5S/c1-13-11-23(12-14(2)27-13)29(25,26)16-8-6-7-15(9-16)19(24)21-18-10-17(28-22-18)20(3,4)5/h6-10,13-14H,11-12H2,1-5H3,(H,21,22,24). The largest absolute Gasteiger partial charge is 0.373 e. The van der Waals surface area contributed by atoms with Gasteiger partial charge in [-0.3, -0.25) is 4.79 Å². The minimum Gasteiger partial charge on any atom is -0.373 e. The van der Waals surface area contributed by atoms with Crippen LogP contribution in [0.3, 0.4) is 0 Å². The van der Waals surface area contributed by atoms with Gasteiger partial charge in [-0.05, 0) is 32.0 Å².